The van der Waals surface area contributed by atoms with Crippen molar-refractivity contribution in [3.63, 3.8) is 0 Å². The van der Waals surface area contributed by atoms with E-state index in [4.69, 9.17) is 5.26 Å². The third-order valence-corrected chi connectivity index (χ3v) is 3.65. The number of aliphatic hydroxyl groups is 1. The molecule has 1 aliphatic carbocycles. The van der Waals surface area contributed by atoms with Crippen molar-refractivity contribution in [2.24, 2.45) is 0 Å². The van der Waals surface area contributed by atoms with E-state index in [1.807, 2.05) is 6.07 Å². The van der Waals surface area contributed by atoms with Crippen LogP contribution in [0, 0.1) is 17.1 Å². The first-order valence-electron chi connectivity index (χ1n) is 6.24. The van der Waals surface area contributed by atoms with Gasteiger partial charge in [-0.25, -0.2) is 4.39 Å². The maximum absolute atomic E-state index is 13.9. The van der Waals surface area contributed by atoms with E-state index >= 15 is 0 Å². The van der Waals surface area contributed by atoms with Gasteiger partial charge in [-0.05, 0) is 31.0 Å². The van der Waals surface area contributed by atoms with Crippen LogP contribution in [0.3, 0.4) is 0 Å². The zero-order chi connectivity index (χ0) is 13.1. The highest BCUT2D eigenvalue weighted by atomic mass is 19.1. The number of hydrogen-bond acceptors (Lipinski definition) is 3. The minimum atomic E-state index is -0.408. The van der Waals surface area contributed by atoms with Gasteiger partial charge in [0.15, 0.2) is 0 Å². The summed E-state index contributed by atoms with van der Waals surface area (Å²) in [4.78, 5) is 1.79. The SMILES string of the molecule is CN(c1ccc(C#N)cc1F)C1CCCCC1O. The number of anilines is 1. The molecule has 2 atom stereocenters. The van der Waals surface area contributed by atoms with Gasteiger partial charge in [0.05, 0.1) is 29.5 Å². The number of likely N-dealkylation sites (N-methyl/N-ethyl adjacent to an activating group) is 1. The van der Waals surface area contributed by atoms with Gasteiger partial charge in [0.25, 0.3) is 0 Å². The lowest BCUT2D eigenvalue weighted by molar-refractivity contribution is 0.106. The number of rotatable bonds is 2. The summed E-state index contributed by atoms with van der Waals surface area (Å²) in [5.41, 5.74) is 0.758. The van der Waals surface area contributed by atoms with Crippen LogP contribution in [-0.4, -0.2) is 24.3 Å². The van der Waals surface area contributed by atoms with Crippen molar-refractivity contribution < 1.29 is 9.50 Å². The first kappa shape index (κ1) is 12.8. The average molecular weight is 248 g/mol. The molecule has 1 aliphatic rings. The van der Waals surface area contributed by atoms with Crippen LogP contribution >= 0.6 is 0 Å². The summed E-state index contributed by atoms with van der Waals surface area (Å²) in [5.74, 6) is -0.408. The van der Waals surface area contributed by atoms with E-state index in [1.54, 1.807) is 24.1 Å². The predicted molar refractivity (Wildman–Crippen MR) is 67.8 cm³/mol. The van der Waals surface area contributed by atoms with Crippen molar-refractivity contribution in [3.05, 3.63) is 29.6 Å². The Morgan fingerprint density at radius 3 is 2.72 bits per heavy atom. The third-order valence-electron chi connectivity index (χ3n) is 3.65. The summed E-state index contributed by atoms with van der Waals surface area (Å²) in [7, 11) is 1.80. The molecule has 4 heteroatoms. The molecule has 2 rings (SSSR count). The van der Waals surface area contributed by atoms with E-state index in [1.165, 1.54) is 6.07 Å². The van der Waals surface area contributed by atoms with E-state index in [9.17, 15) is 9.50 Å². The molecular weight excluding hydrogens is 231 g/mol. The van der Waals surface area contributed by atoms with Gasteiger partial charge < -0.3 is 10.0 Å². The van der Waals surface area contributed by atoms with Crippen molar-refractivity contribution in [2.75, 3.05) is 11.9 Å². The first-order valence-corrected chi connectivity index (χ1v) is 6.24. The zero-order valence-electron chi connectivity index (χ0n) is 10.4. The summed E-state index contributed by atoms with van der Waals surface area (Å²) in [6, 6.07) is 6.32. The second kappa shape index (κ2) is 5.36. The minimum Gasteiger partial charge on any atom is -0.391 e. The number of nitriles is 1. The first-order chi connectivity index (χ1) is 8.63. The van der Waals surface area contributed by atoms with E-state index < -0.39 is 11.9 Å². The molecular formula is C14H17FN2O. The van der Waals surface area contributed by atoms with Gasteiger partial charge in [-0.1, -0.05) is 12.8 Å². The Morgan fingerprint density at radius 1 is 1.39 bits per heavy atom. The highest BCUT2D eigenvalue weighted by Gasteiger charge is 2.27. The van der Waals surface area contributed by atoms with E-state index in [0.29, 0.717) is 11.3 Å². The molecule has 2 unspecified atom stereocenters. The molecule has 96 valence electrons. The molecule has 0 bridgehead atoms. The fourth-order valence-corrected chi connectivity index (χ4v) is 2.58. The molecule has 0 heterocycles. The summed E-state index contributed by atoms with van der Waals surface area (Å²) in [5, 5.41) is 18.7. The van der Waals surface area contributed by atoms with Crippen LogP contribution < -0.4 is 4.90 Å². The summed E-state index contributed by atoms with van der Waals surface area (Å²) in [6.45, 7) is 0. The Morgan fingerprint density at radius 2 is 2.11 bits per heavy atom. The number of hydrogen-bond donors (Lipinski definition) is 1. The Bertz CT molecular complexity index is 469. The zero-order valence-corrected chi connectivity index (χ0v) is 10.4. The minimum absolute atomic E-state index is 0.0406. The molecule has 3 nitrogen and oxygen atoms in total. The molecule has 0 saturated heterocycles. The van der Waals surface area contributed by atoms with Gasteiger partial charge in [-0.2, -0.15) is 5.26 Å². The van der Waals surface area contributed by atoms with E-state index in [2.05, 4.69) is 0 Å². The monoisotopic (exact) mass is 248 g/mol. The maximum atomic E-state index is 13.9. The second-order valence-corrected chi connectivity index (χ2v) is 4.81. The standard InChI is InChI=1S/C14H17FN2O/c1-17(13-4-2-3-5-14(13)18)12-7-6-10(9-16)8-11(12)15/h6-8,13-14,18H,2-5H2,1H3. The van der Waals surface area contributed by atoms with E-state index in [-0.39, 0.29) is 6.04 Å². The summed E-state index contributed by atoms with van der Waals surface area (Å²) in [6.07, 6.45) is 3.33. The van der Waals surface area contributed by atoms with Crippen molar-refractivity contribution in [3.8, 4) is 6.07 Å². The highest BCUT2D eigenvalue weighted by molar-refractivity contribution is 5.51. The lowest BCUT2D eigenvalue weighted by Crippen LogP contribution is -2.43. The Balaban J connectivity index is 2.22. The number of halogens is 1. The second-order valence-electron chi connectivity index (χ2n) is 4.81. The van der Waals surface area contributed by atoms with Crippen LogP contribution in [0.25, 0.3) is 0 Å². The molecule has 18 heavy (non-hydrogen) atoms. The molecule has 1 N–H and O–H groups in total. The molecule has 1 aromatic carbocycles. The number of benzene rings is 1. The lowest BCUT2D eigenvalue weighted by Gasteiger charge is -2.36. The van der Waals surface area contributed by atoms with Crippen molar-refractivity contribution in [2.45, 2.75) is 37.8 Å². The van der Waals surface area contributed by atoms with Crippen molar-refractivity contribution in [1.82, 2.24) is 0 Å². The van der Waals surface area contributed by atoms with Crippen LogP contribution in [0.1, 0.15) is 31.2 Å². The van der Waals surface area contributed by atoms with E-state index in [0.717, 1.165) is 25.7 Å². The fraction of sp³-hybridized carbons (Fsp3) is 0.500. The largest absolute Gasteiger partial charge is 0.391 e. The molecule has 1 fully saturated rings. The van der Waals surface area contributed by atoms with Crippen LogP contribution in [0.15, 0.2) is 18.2 Å². The molecule has 1 aromatic rings. The van der Waals surface area contributed by atoms with Gasteiger partial charge >= 0.3 is 0 Å². The summed E-state index contributed by atoms with van der Waals surface area (Å²) >= 11 is 0. The molecule has 1 saturated carbocycles. The van der Waals surface area contributed by atoms with Crippen molar-refractivity contribution in [1.29, 1.82) is 5.26 Å². The molecule has 0 aromatic heterocycles. The fourth-order valence-electron chi connectivity index (χ4n) is 2.58. The van der Waals surface area contributed by atoms with Gasteiger partial charge in [0.1, 0.15) is 5.82 Å². The van der Waals surface area contributed by atoms with Crippen LogP contribution in [0.2, 0.25) is 0 Å². The van der Waals surface area contributed by atoms with Gasteiger partial charge in [0, 0.05) is 7.05 Å². The highest BCUT2D eigenvalue weighted by Crippen LogP contribution is 2.28. The lowest BCUT2D eigenvalue weighted by atomic mass is 9.91. The Labute approximate surface area is 106 Å². The van der Waals surface area contributed by atoms with Gasteiger partial charge in [-0.15, -0.1) is 0 Å². The normalized spacial score (nSPS) is 23.4. The van der Waals surface area contributed by atoms with Crippen LogP contribution in [-0.2, 0) is 0 Å². The quantitative estimate of drug-likeness (QED) is 0.874. The van der Waals surface area contributed by atoms with Crippen LogP contribution in [0.5, 0.6) is 0 Å². The Hall–Kier alpha value is -1.60. The van der Waals surface area contributed by atoms with Gasteiger partial charge in [-0.3, -0.25) is 0 Å². The number of nitrogens with zero attached hydrogens (tertiary/aromatic N) is 2. The Kier molecular flexibility index (Phi) is 3.83. The number of aliphatic hydroxyl groups excluding tert-OH is 1. The maximum Gasteiger partial charge on any atom is 0.147 e. The topological polar surface area (TPSA) is 47.3 Å². The molecule has 0 radical (unpaired) electrons. The molecule has 0 amide bonds. The summed E-state index contributed by atoms with van der Waals surface area (Å²) < 4.78 is 13.9. The van der Waals surface area contributed by atoms with Crippen LogP contribution in [0.4, 0.5) is 10.1 Å². The van der Waals surface area contributed by atoms with Gasteiger partial charge in [0.2, 0.25) is 0 Å². The third kappa shape index (κ3) is 2.46. The average Bonchev–Trinajstić information content (AvgIpc) is 2.38. The molecule has 0 spiro atoms. The smallest absolute Gasteiger partial charge is 0.147 e. The predicted octanol–water partition coefficient (Wildman–Crippen LogP) is 2.44. The van der Waals surface area contributed by atoms with Crippen molar-refractivity contribution >= 4 is 5.69 Å². The molecule has 0 aliphatic heterocycles.